The van der Waals surface area contributed by atoms with Crippen LogP contribution in [0.5, 0.6) is 0 Å². The number of hydrogen-bond donors (Lipinski definition) is 1. The molecule has 0 amide bonds. The number of sulfonamides is 1. The first-order valence-corrected chi connectivity index (χ1v) is 9.63. The molecule has 3 rings (SSSR count). The topological polar surface area (TPSA) is 91.8 Å². The molecule has 1 aromatic carbocycles. The summed E-state index contributed by atoms with van der Waals surface area (Å²) in [6.45, 7) is 1.41. The molecule has 1 aromatic rings. The molecule has 24 heavy (non-hydrogen) atoms. The lowest BCUT2D eigenvalue weighted by Crippen LogP contribution is -2.46. The van der Waals surface area contributed by atoms with Gasteiger partial charge in [-0.25, -0.2) is 8.42 Å². The standard InChI is InChI=1S/C17H21NO5S/c1-11(19)12-6-8-14(9-7-12)24(22,23)18-15-5-3-2-4-13(15)10-16(18)17(20)21/h6-9,13,15-16H,2-5,10H2,1H3,(H,20,21). The quantitative estimate of drug-likeness (QED) is 0.840. The average Bonchev–Trinajstić information content (AvgIpc) is 2.95. The number of Topliss-reactive ketones (excluding diaryl/α,β-unsaturated/α-hetero) is 1. The van der Waals surface area contributed by atoms with Crippen LogP contribution in [0.25, 0.3) is 0 Å². The van der Waals surface area contributed by atoms with E-state index < -0.39 is 22.0 Å². The Hall–Kier alpha value is -1.73. The minimum absolute atomic E-state index is 0.0463. The van der Waals surface area contributed by atoms with Crippen LogP contribution in [0, 0.1) is 5.92 Å². The number of carbonyl (C=O) groups excluding carboxylic acids is 1. The normalized spacial score (nSPS) is 27.6. The minimum atomic E-state index is -3.90. The van der Waals surface area contributed by atoms with Crippen LogP contribution in [-0.2, 0) is 14.8 Å². The second kappa shape index (κ2) is 6.29. The molecular formula is C17H21NO5S. The Kier molecular flexibility index (Phi) is 4.48. The summed E-state index contributed by atoms with van der Waals surface area (Å²) in [4.78, 5) is 23.0. The average molecular weight is 351 g/mol. The summed E-state index contributed by atoms with van der Waals surface area (Å²) in [6.07, 6.45) is 3.91. The summed E-state index contributed by atoms with van der Waals surface area (Å²) in [6, 6.07) is 4.48. The fourth-order valence-corrected chi connectivity index (χ4v) is 5.83. The van der Waals surface area contributed by atoms with Gasteiger partial charge in [-0.3, -0.25) is 9.59 Å². The second-order valence-corrected chi connectivity index (χ2v) is 8.46. The van der Waals surface area contributed by atoms with Gasteiger partial charge >= 0.3 is 5.97 Å². The molecule has 1 saturated carbocycles. The first-order valence-electron chi connectivity index (χ1n) is 8.19. The van der Waals surface area contributed by atoms with Gasteiger partial charge in [0.2, 0.25) is 10.0 Å². The summed E-state index contributed by atoms with van der Waals surface area (Å²) in [5, 5.41) is 9.51. The van der Waals surface area contributed by atoms with E-state index in [1.807, 2.05) is 0 Å². The number of carbonyl (C=O) groups is 2. The molecule has 1 aliphatic carbocycles. The fourth-order valence-electron chi connectivity index (χ4n) is 3.96. The first kappa shape index (κ1) is 17.1. The maximum atomic E-state index is 13.1. The molecule has 0 bridgehead atoms. The number of carboxylic acids is 1. The molecule has 2 fully saturated rings. The molecule has 1 N–H and O–H groups in total. The molecule has 7 heteroatoms. The molecule has 0 radical (unpaired) electrons. The highest BCUT2D eigenvalue weighted by molar-refractivity contribution is 7.89. The summed E-state index contributed by atoms with van der Waals surface area (Å²) in [7, 11) is -3.90. The Balaban J connectivity index is 1.99. The number of carboxylic acid groups (broad SMARTS) is 1. The number of ketones is 1. The molecule has 6 nitrogen and oxygen atoms in total. The lowest BCUT2D eigenvalue weighted by molar-refractivity contribution is -0.141. The summed E-state index contributed by atoms with van der Waals surface area (Å²) < 4.78 is 27.3. The highest BCUT2D eigenvalue weighted by Gasteiger charge is 2.51. The van der Waals surface area contributed by atoms with Crippen LogP contribution in [0.3, 0.4) is 0 Å². The van der Waals surface area contributed by atoms with E-state index in [0.29, 0.717) is 18.4 Å². The molecule has 0 spiro atoms. The van der Waals surface area contributed by atoms with Gasteiger partial charge < -0.3 is 5.11 Å². The third-order valence-corrected chi connectivity index (χ3v) is 7.10. The predicted octanol–water partition coefficient (Wildman–Crippen LogP) is 2.30. The largest absolute Gasteiger partial charge is 0.480 e. The van der Waals surface area contributed by atoms with Crippen molar-refractivity contribution in [3.05, 3.63) is 29.8 Å². The highest BCUT2D eigenvalue weighted by Crippen LogP contribution is 2.42. The van der Waals surface area contributed by atoms with E-state index in [4.69, 9.17) is 0 Å². The Labute approximate surface area is 141 Å². The Morgan fingerprint density at radius 3 is 2.33 bits per heavy atom. The zero-order valence-electron chi connectivity index (χ0n) is 13.5. The third-order valence-electron chi connectivity index (χ3n) is 5.15. The van der Waals surface area contributed by atoms with Gasteiger partial charge in [0.05, 0.1) is 4.90 Å². The third kappa shape index (κ3) is 2.86. The smallest absolute Gasteiger partial charge is 0.322 e. The molecule has 3 unspecified atom stereocenters. The maximum absolute atomic E-state index is 13.1. The summed E-state index contributed by atoms with van der Waals surface area (Å²) in [5.41, 5.74) is 0.431. The van der Waals surface area contributed by atoms with E-state index >= 15 is 0 Å². The molecule has 130 valence electrons. The van der Waals surface area contributed by atoms with Crippen molar-refractivity contribution in [3.63, 3.8) is 0 Å². The molecular weight excluding hydrogens is 330 g/mol. The van der Waals surface area contributed by atoms with Crippen molar-refractivity contribution in [3.8, 4) is 0 Å². The van der Waals surface area contributed by atoms with E-state index in [2.05, 4.69) is 0 Å². The van der Waals surface area contributed by atoms with Crippen molar-refractivity contribution >= 4 is 21.8 Å². The molecule has 1 aliphatic heterocycles. The lowest BCUT2D eigenvalue weighted by Gasteiger charge is -2.32. The van der Waals surface area contributed by atoms with Crippen molar-refractivity contribution in [1.82, 2.24) is 4.31 Å². The molecule has 0 aromatic heterocycles. The van der Waals surface area contributed by atoms with Crippen molar-refractivity contribution in [1.29, 1.82) is 0 Å². The Bertz CT molecular complexity index is 756. The van der Waals surface area contributed by atoms with Gasteiger partial charge in [0, 0.05) is 11.6 Å². The monoisotopic (exact) mass is 351 g/mol. The summed E-state index contributed by atoms with van der Waals surface area (Å²) in [5.74, 6) is -1.12. The molecule has 1 saturated heterocycles. The van der Waals surface area contributed by atoms with Crippen LogP contribution in [0.1, 0.15) is 49.4 Å². The zero-order chi connectivity index (χ0) is 17.5. The fraction of sp³-hybridized carbons (Fsp3) is 0.529. The van der Waals surface area contributed by atoms with Gasteiger partial charge in [0.1, 0.15) is 6.04 Å². The maximum Gasteiger partial charge on any atom is 0.322 e. The minimum Gasteiger partial charge on any atom is -0.480 e. The number of aliphatic carboxylic acids is 1. The van der Waals surface area contributed by atoms with Gasteiger partial charge in [-0.05, 0) is 44.2 Å². The van der Waals surface area contributed by atoms with Crippen LogP contribution in [0.15, 0.2) is 29.2 Å². The van der Waals surface area contributed by atoms with Crippen molar-refractivity contribution in [2.45, 2.75) is 56.0 Å². The molecule has 2 aliphatic rings. The predicted molar refractivity (Wildman–Crippen MR) is 87.3 cm³/mol. The SMILES string of the molecule is CC(=O)c1ccc(S(=O)(=O)N2C(C(=O)O)CC3CCCCC32)cc1. The highest BCUT2D eigenvalue weighted by atomic mass is 32.2. The van der Waals surface area contributed by atoms with Crippen LogP contribution in [0.2, 0.25) is 0 Å². The van der Waals surface area contributed by atoms with E-state index in [0.717, 1.165) is 19.3 Å². The van der Waals surface area contributed by atoms with E-state index in [1.165, 1.54) is 35.5 Å². The van der Waals surface area contributed by atoms with Gasteiger partial charge in [-0.2, -0.15) is 4.31 Å². The number of nitrogens with zero attached hydrogens (tertiary/aromatic N) is 1. The number of fused-ring (bicyclic) bond motifs is 1. The number of hydrogen-bond acceptors (Lipinski definition) is 4. The van der Waals surface area contributed by atoms with Crippen LogP contribution >= 0.6 is 0 Å². The van der Waals surface area contributed by atoms with Crippen LogP contribution in [0.4, 0.5) is 0 Å². The number of benzene rings is 1. The molecule has 1 heterocycles. The Morgan fingerprint density at radius 2 is 1.75 bits per heavy atom. The summed E-state index contributed by atoms with van der Waals surface area (Å²) >= 11 is 0. The van der Waals surface area contributed by atoms with Crippen molar-refractivity contribution < 1.29 is 23.1 Å². The van der Waals surface area contributed by atoms with Crippen LogP contribution < -0.4 is 0 Å². The zero-order valence-corrected chi connectivity index (χ0v) is 14.3. The van der Waals surface area contributed by atoms with Crippen molar-refractivity contribution in [2.24, 2.45) is 5.92 Å². The van der Waals surface area contributed by atoms with Gasteiger partial charge in [0.15, 0.2) is 5.78 Å². The van der Waals surface area contributed by atoms with E-state index in [9.17, 15) is 23.1 Å². The van der Waals surface area contributed by atoms with Gasteiger partial charge in [-0.15, -0.1) is 0 Å². The van der Waals surface area contributed by atoms with Crippen molar-refractivity contribution in [2.75, 3.05) is 0 Å². The number of rotatable bonds is 4. The first-order chi connectivity index (χ1) is 11.3. The second-order valence-electron chi connectivity index (χ2n) is 6.62. The molecule has 3 atom stereocenters. The van der Waals surface area contributed by atoms with E-state index in [1.54, 1.807) is 0 Å². The van der Waals surface area contributed by atoms with Gasteiger partial charge in [0.25, 0.3) is 0 Å². The Morgan fingerprint density at radius 1 is 1.12 bits per heavy atom. The lowest BCUT2D eigenvalue weighted by atomic mass is 9.85. The van der Waals surface area contributed by atoms with Crippen LogP contribution in [-0.4, -0.2) is 41.7 Å². The van der Waals surface area contributed by atoms with Gasteiger partial charge in [-0.1, -0.05) is 25.0 Å². The van der Waals surface area contributed by atoms with E-state index in [-0.39, 0.29) is 22.6 Å².